The van der Waals surface area contributed by atoms with E-state index in [4.69, 9.17) is 9.47 Å². The normalized spacial score (nSPS) is 25.2. The molecule has 4 fully saturated rings. The molecule has 4 aliphatic heterocycles. The molecule has 14 nitrogen and oxygen atoms in total. The van der Waals surface area contributed by atoms with E-state index in [0.29, 0.717) is 37.9 Å². The third-order valence-electron chi connectivity index (χ3n) is 14.1. The third-order valence-corrected chi connectivity index (χ3v) is 16.6. The first kappa shape index (κ1) is 54.5. The molecule has 70 heavy (non-hydrogen) atoms. The number of Topliss-reactive ketones (excluding diaryl/α,β-unsaturated/α-hetero) is 1. The average Bonchev–Trinajstić information content (AvgIpc) is 3.66. The molecule has 0 aliphatic carbocycles. The second-order valence-electron chi connectivity index (χ2n) is 20.2. The molecule has 5 amide bonds. The number of ketones is 1. The second kappa shape index (κ2) is 25.0. The highest BCUT2D eigenvalue weighted by molar-refractivity contribution is 8.00. The van der Waals surface area contributed by atoms with Crippen molar-refractivity contribution in [3.8, 4) is 23.7 Å². The Morgan fingerprint density at radius 1 is 0.729 bits per heavy atom. The Morgan fingerprint density at radius 3 is 1.67 bits per heavy atom. The molecule has 0 bridgehead atoms. The quantitative estimate of drug-likeness (QED) is 0.101. The van der Waals surface area contributed by atoms with E-state index < -0.39 is 47.0 Å². The Morgan fingerprint density at radius 2 is 1.20 bits per heavy atom. The summed E-state index contributed by atoms with van der Waals surface area (Å²) in [5, 5.41) is 12.0. The molecule has 10 atom stereocenters. The predicted molar refractivity (Wildman–Crippen MR) is 275 cm³/mol. The van der Waals surface area contributed by atoms with Crippen molar-refractivity contribution in [3.63, 3.8) is 0 Å². The third kappa shape index (κ3) is 13.6. The summed E-state index contributed by atoms with van der Waals surface area (Å²) in [6.45, 7) is 14.0. The van der Waals surface area contributed by atoms with Gasteiger partial charge in [-0.15, -0.1) is 23.5 Å². The lowest BCUT2D eigenvalue weighted by Gasteiger charge is -2.35. The SMILES string of the molecule is CC[C@@H](C)C(=O)N[C@H]1CCS[C@H]2CC(C)(C)[C@@H](C(=O)N[C@H](COCC#CC#CCOC[C@@H](NC(=O)[C@H]3N4C(=O)[C@@H](CC(=O)[C@H](C)NC)CCS[C@H]4CC3(C)C)c3ccccc3)c3ccccc3)N2C1=O. The number of ether oxygens (including phenoxy) is 2. The van der Waals surface area contributed by atoms with Gasteiger partial charge in [-0.3, -0.25) is 28.8 Å². The van der Waals surface area contributed by atoms with Gasteiger partial charge in [0.05, 0.1) is 42.1 Å². The molecule has 4 N–H and O–H groups in total. The highest BCUT2D eigenvalue weighted by atomic mass is 32.2. The smallest absolute Gasteiger partial charge is 0.246 e. The zero-order valence-corrected chi connectivity index (χ0v) is 43.6. The minimum Gasteiger partial charge on any atom is -0.366 e. The first-order valence-corrected chi connectivity index (χ1v) is 26.8. The van der Waals surface area contributed by atoms with Gasteiger partial charge in [0.1, 0.15) is 37.1 Å². The van der Waals surface area contributed by atoms with Crippen LogP contribution < -0.4 is 21.3 Å². The van der Waals surface area contributed by atoms with E-state index in [0.717, 1.165) is 16.9 Å². The fourth-order valence-corrected chi connectivity index (χ4v) is 13.0. The zero-order valence-electron chi connectivity index (χ0n) is 42.0. The molecule has 2 aromatic carbocycles. The molecular formula is C54H72N6O8S2. The Balaban J connectivity index is 1.04. The summed E-state index contributed by atoms with van der Waals surface area (Å²) in [6.07, 6.45) is 3.22. The van der Waals surface area contributed by atoms with Gasteiger partial charge in [0.15, 0.2) is 0 Å². The van der Waals surface area contributed by atoms with Crippen LogP contribution in [0, 0.1) is 46.3 Å². The lowest BCUT2D eigenvalue weighted by atomic mass is 9.83. The van der Waals surface area contributed by atoms with E-state index in [1.54, 1.807) is 47.3 Å². The van der Waals surface area contributed by atoms with Crippen molar-refractivity contribution in [3.05, 3.63) is 71.8 Å². The van der Waals surface area contributed by atoms with Crippen LogP contribution in [-0.4, -0.2) is 125 Å². The Bertz CT molecular complexity index is 2130. The van der Waals surface area contributed by atoms with E-state index >= 15 is 0 Å². The minimum atomic E-state index is -0.748. The molecule has 0 unspecified atom stereocenters. The number of carbonyl (C=O) groups is 6. The number of amides is 5. The highest BCUT2D eigenvalue weighted by Crippen LogP contribution is 2.48. The fourth-order valence-electron chi connectivity index (χ4n) is 9.82. The van der Waals surface area contributed by atoms with Crippen LogP contribution in [0.25, 0.3) is 0 Å². The number of hydrogen-bond acceptors (Lipinski definition) is 11. The maximum atomic E-state index is 14.3. The maximum Gasteiger partial charge on any atom is 0.246 e. The fraction of sp³-hybridized carbons (Fsp3) is 0.593. The molecule has 16 heteroatoms. The minimum absolute atomic E-state index is 0.0154. The van der Waals surface area contributed by atoms with Crippen molar-refractivity contribution in [1.29, 1.82) is 0 Å². The van der Waals surface area contributed by atoms with Crippen LogP contribution in [0.1, 0.15) is 110 Å². The van der Waals surface area contributed by atoms with Gasteiger partial charge in [-0.05, 0) is 91.4 Å². The molecular weight excluding hydrogens is 925 g/mol. The van der Waals surface area contributed by atoms with E-state index in [1.165, 1.54) is 0 Å². The van der Waals surface area contributed by atoms with Crippen LogP contribution in [0.2, 0.25) is 0 Å². The lowest BCUT2D eigenvalue weighted by Crippen LogP contribution is -2.57. The van der Waals surface area contributed by atoms with Crippen molar-refractivity contribution < 1.29 is 38.2 Å². The number of benzene rings is 2. The van der Waals surface area contributed by atoms with Gasteiger partial charge in [-0.1, -0.05) is 114 Å². The summed E-state index contributed by atoms with van der Waals surface area (Å²) in [5.41, 5.74) is 0.671. The molecule has 0 spiro atoms. The van der Waals surface area contributed by atoms with Crippen molar-refractivity contribution in [2.75, 3.05) is 45.0 Å². The van der Waals surface area contributed by atoms with Crippen LogP contribution in [0.4, 0.5) is 0 Å². The number of carbonyl (C=O) groups excluding carboxylic acids is 6. The number of hydrogen-bond donors (Lipinski definition) is 4. The first-order chi connectivity index (χ1) is 33.5. The summed E-state index contributed by atoms with van der Waals surface area (Å²) in [6, 6.07) is 15.5. The second-order valence-corrected chi connectivity index (χ2v) is 22.8. The van der Waals surface area contributed by atoms with Crippen molar-refractivity contribution in [1.82, 2.24) is 31.1 Å². The van der Waals surface area contributed by atoms with Gasteiger partial charge in [0.2, 0.25) is 29.5 Å². The molecule has 0 saturated carbocycles. The molecule has 378 valence electrons. The molecule has 4 aliphatic rings. The van der Waals surface area contributed by atoms with E-state index in [2.05, 4.69) is 44.9 Å². The molecule has 4 saturated heterocycles. The zero-order chi connectivity index (χ0) is 50.6. The van der Waals surface area contributed by atoms with E-state index in [9.17, 15) is 28.8 Å². The summed E-state index contributed by atoms with van der Waals surface area (Å²) in [5.74, 6) is 11.1. The van der Waals surface area contributed by atoms with Crippen LogP contribution >= 0.6 is 23.5 Å². The van der Waals surface area contributed by atoms with Gasteiger partial charge in [0, 0.05) is 18.3 Å². The highest BCUT2D eigenvalue weighted by Gasteiger charge is 2.56. The molecule has 6 rings (SSSR count). The Kier molecular flexibility index (Phi) is 19.5. The first-order valence-electron chi connectivity index (χ1n) is 24.7. The number of thioether (sulfide) groups is 2. The van der Waals surface area contributed by atoms with Crippen LogP contribution in [0.5, 0.6) is 0 Å². The Hall–Kier alpha value is -4.84. The van der Waals surface area contributed by atoms with Crippen LogP contribution in [-0.2, 0) is 38.2 Å². The number of nitrogens with zero attached hydrogens (tertiary/aromatic N) is 2. The predicted octanol–water partition coefficient (Wildman–Crippen LogP) is 5.64. The van der Waals surface area contributed by atoms with Gasteiger partial charge in [0.25, 0.3) is 0 Å². The van der Waals surface area contributed by atoms with Crippen molar-refractivity contribution in [2.24, 2.45) is 22.7 Å². The topological polar surface area (TPSA) is 175 Å². The number of likely N-dealkylation sites (N-methyl/N-ethyl adjacent to an activating group) is 1. The maximum absolute atomic E-state index is 14.3. The monoisotopic (exact) mass is 996 g/mol. The van der Waals surface area contributed by atoms with Crippen LogP contribution in [0.3, 0.4) is 0 Å². The summed E-state index contributed by atoms with van der Waals surface area (Å²) < 4.78 is 12.0. The number of rotatable bonds is 19. The standard InChI is InChI=1S/C54H72N6O8S2/c1-9-35(2)48(62)56-40-25-29-70-45-32-54(6,7)47(60(45)52(40)66)50(64)58-42(38-22-16-13-17-23-38)34-68-27-19-11-10-18-26-67-33-41(37-20-14-12-15-21-37)57-49(63)46-53(4,5)31-44-59(46)51(65)39(24-28-69-44)30-43(61)36(3)55-8/h12-17,20-23,35-36,39-42,44-47,55H,9,24-34H2,1-8H3,(H,56,62)(H,57,63)(H,58,64)/t35-,36+,39-,40+,41-,42-,44+,45+,46-,47-/m1/s1. The van der Waals surface area contributed by atoms with Crippen molar-refractivity contribution in [2.45, 2.75) is 134 Å². The van der Waals surface area contributed by atoms with Gasteiger partial charge >= 0.3 is 0 Å². The van der Waals surface area contributed by atoms with Gasteiger partial charge in [-0.2, -0.15) is 0 Å². The summed E-state index contributed by atoms with van der Waals surface area (Å²) in [4.78, 5) is 86.2. The van der Waals surface area contributed by atoms with E-state index in [1.807, 2.05) is 102 Å². The molecule has 4 heterocycles. The van der Waals surface area contributed by atoms with Crippen LogP contribution in [0.15, 0.2) is 60.7 Å². The largest absolute Gasteiger partial charge is 0.366 e. The molecule has 2 aromatic rings. The van der Waals surface area contributed by atoms with Gasteiger partial charge in [-0.25, -0.2) is 0 Å². The number of fused-ring (bicyclic) bond motifs is 2. The van der Waals surface area contributed by atoms with E-state index in [-0.39, 0.29) is 90.9 Å². The summed E-state index contributed by atoms with van der Waals surface area (Å²) in [7, 11) is 1.73. The molecule has 0 aromatic heterocycles. The summed E-state index contributed by atoms with van der Waals surface area (Å²) >= 11 is 3.35. The number of nitrogens with one attached hydrogen (secondary N) is 4. The average molecular weight is 997 g/mol. The lowest BCUT2D eigenvalue weighted by molar-refractivity contribution is -0.145. The van der Waals surface area contributed by atoms with Gasteiger partial charge < -0.3 is 40.5 Å². The Labute approximate surface area is 423 Å². The molecule has 0 radical (unpaired) electrons. The van der Waals surface area contributed by atoms with Crippen molar-refractivity contribution >= 4 is 58.8 Å².